The highest BCUT2D eigenvalue weighted by atomic mass is 32.1. The molecular formula is C15H20N2OS. The van der Waals surface area contributed by atoms with Gasteiger partial charge in [0.1, 0.15) is 17.4 Å². The second kappa shape index (κ2) is 5.72. The molecule has 19 heavy (non-hydrogen) atoms. The van der Waals surface area contributed by atoms with Crippen molar-refractivity contribution < 1.29 is 4.74 Å². The van der Waals surface area contributed by atoms with Crippen molar-refractivity contribution in [1.29, 1.82) is 0 Å². The normalized spacial score (nSPS) is 11.6. The first-order valence-electron chi connectivity index (χ1n) is 6.37. The molecule has 2 N–H and O–H groups in total. The summed E-state index contributed by atoms with van der Waals surface area (Å²) in [6.45, 7) is 7.50. The molecular weight excluding hydrogens is 256 g/mol. The Balaban J connectivity index is 2.12. The second-order valence-corrected chi connectivity index (χ2v) is 6.60. The SMILES string of the molecule is CC(C)(C)c1nc(COc2ccccc2)sc1CN. The lowest BCUT2D eigenvalue weighted by Gasteiger charge is -2.16. The Kier molecular flexibility index (Phi) is 4.22. The van der Waals surface area contributed by atoms with Crippen LogP contribution in [0.25, 0.3) is 0 Å². The van der Waals surface area contributed by atoms with E-state index in [1.165, 1.54) is 0 Å². The van der Waals surface area contributed by atoms with E-state index in [2.05, 4.69) is 25.8 Å². The molecule has 0 spiro atoms. The first-order chi connectivity index (χ1) is 9.00. The third kappa shape index (κ3) is 3.55. The number of nitrogens with zero attached hydrogens (tertiary/aromatic N) is 1. The number of rotatable bonds is 4. The van der Waals surface area contributed by atoms with Gasteiger partial charge in [-0.05, 0) is 12.1 Å². The molecule has 0 aliphatic heterocycles. The molecule has 1 aromatic carbocycles. The molecule has 1 aromatic heterocycles. The summed E-state index contributed by atoms with van der Waals surface area (Å²) in [6, 6.07) is 9.79. The standard InChI is InChI=1S/C15H20N2OS/c1-15(2,3)14-12(9-16)19-13(17-14)10-18-11-7-5-4-6-8-11/h4-8H,9-10,16H2,1-3H3. The maximum Gasteiger partial charge on any atom is 0.140 e. The average Bonchev–Trinajstić information content (AvgIpc) is 2.81. The van der Waals surface area contributed by atoms with Crippen LogP contribution in [0.15, 0.2) is 30.3 Å². The number of para-hydroxylation sites is 1. The van der Waals surface area contributed by atoms with Gasteiger partial charge in [0.05, 0.1) is 5.69 Å². The molecule has 0 fully saturated rings. The lowest BCUT2D eigenvalue weighted by atomic mass is 9.91. The van der Waals surface area contributed by atoms with Crippen molar-refractivity contribution in [3.8, 4) is 5.75 Å². The molecule has 102 valence electrons. The van der Waals surface area contributed by atoms with Crippen LogP contribution in [0.5, 0.6) is 5.75 Å². The van der Waals surface area contributed by atoms with Crippen molar-refractivity contribution in [1.82, 2.24) is 4.98 Å². The molecule has 1 heterocycles. The maximum atomic E-state index is 5.80. The Morgan fingerprint density at radius 1 is 1.21 bits per heavy atom. The Morgan fingerprint density at radius 2 is 1.89 bits per heavy atom. The molecule has 0 aliphatic rings. The maximum absolute atomic E-state index is 5.80. The van der Waals surface area contributed by atoms with Crippen LogP contribution in [-0.2, 0) is 18.6 Å². The van der Waals surface area contributed by atoms with E-state index in [0.717, 1.165) is 21.3 Å². The third-order valence-corrected chi connectivity index (χ3v) is 3.79. The zero-order valence-corrected chi connectivity index (χ0v) is 12.5. The number of hydrogen-bond acceptors (Lipinski definition) is 4. The molecule has 0 unspecified atom stereocenters. The summed E-state index contributed by atoms with van der Waals surface area (Å²) < 4.78 is 5.72. The van der Waals surface area contributed by atoms with Crippen LogP contribution in [0.4, 0.5) is 0 Å². The van der Waals surface area contributed by atoms with E-state index >= 15 is 0 Å². The van der Waals surface area contributed by atoms with Crippen LogP contribution in [0.1, 0.15) is 36.3 Å². The first kappa shape index (κ1) is 14.0. The largest absolute Gasteiger partial charge is 0.486 e. The topological polar surface area (TPSA) is 48.1 Å². The number of ether oxygens (including phenoxy) is 1. The lowest BCUT2D eigenvalue weighted by Crippen LogP contribution is -2.15. The molecule has 2 rings (SSSR count). The summed E-state index contributed by atoms with van der Waals surface area (Å²) in [5.74, 6) is 0.865. The van der Waals surface area contributed by atoms with Crippen LogP contribution >= 0.6 is 11.3 Å². The zero-order valence-electron chi connectivity index (χ0n) is 11.6. The molecule has 0 atom stereocenters. The molecule has 0 radical (unpaired) electrons. The van der Waals surface area contributed by atoms with Crippen LogP contribution in [0.3, 0.4) is 0 Å². The van der Waals surface area contributed by atoms with Crippen LogP contribution in [0, 0.1) is 0 Å². The van der Waals surface area contributed by atoms with Crippen LogP contribution in [0.2, 0.25) is 0 Å². The summed E-state index contributed by atoms with van der Waals surface area (Å²) >= 11 is 1.64. The fourth-order valence-electron chi connectivity index (χ4n) is 1.85. The van der Waals surface area contributed by atoms with Crippen molar-refractivity contribution in [3.63, 3.8) is 0 Å². The molecule has 2 aromatic rings. The quantitative estimate of drug-likeness (QED) is 0.930. The van der Waals surface area contributed by atoms with Gasteiger partial charge in [-0.25, -0.2) is 4.98 Å². The van der Waals surface area contributed by atoms with E-state index in [9.17, 15) is 0 Å². The number of hydrogen-bond donors (Lipinski definition) is 1. The van der Waals surface area contributed by atoms with Gasteiger partial charge in [-0.3, -0.25) is 0 Å². The summed E-state index contributed by atoms with van der Waals surface area (Å²) in [5.41, 5.74) is 6.91. The van der Waals surface area contributed by atoms with E-state index in [1.54, 1.807) is 11.3 Å². The van der Waals surface area contributed by atoms with Crippen molar-refractivity contribution in [2.24, 2.45) is 5.73 Å². The van der Waals surface area contributed by atoms with E-state index < -0.39 is 0 Å². The van der Waals surface area contributed by atoms with Gasteiger partial charge in [0.15, 0.2) is 0 Å². The number of benzene rings is 1. The van der Waals surface area contributed by atoms with Gasteiger partial charge in [0.2, 0.25) is 0 Å². The Morgan fingerprint density at radius 3 is 2.42 bits per heavy atom. The molecule has 4 heteroatoms. The van der Waals surface area contributed by atoms with Gasteiger partial charge in [0, 0.05) is 16.8 Å². The minimum Gasteiger partial charge on any atom is -0.486 e. The minimum atomic E-state index is 0.0240. The first-order valence-corrected chi connectivity index (χ1v) is 7.19. The van der Waals surface area contributed by atoms with E-state index in [0.29, 0.717) is 13.2 Å². The van der Waals surface area contributed by atoms with Crippen molar-refractivity contribution >= 4 is 11.3 Å². The highest BCUT2D eigenvalue weighted by Gasteiger charge is 2.22. The Labute approximate surface area is 118 Å². The van der Waals surface area contributed by atoms with Crippen molar-refractivity contribution in [3.05, 3.63) is 45.9 Å². The fraction of sp³-hybridized carbons (Fsp3) is 0.400. The number of nitrogens with two attached hydrogens (primary N) is 1. The minimum absolute atomic E-state index is 0.0240. The molecule has 0 amide bonds. The van der Waals surface area contributed by atoms with Crippen LogP contribution in [-0.4, -0.2) is 4.98 Å². The summed E-state index contributed by atoms with van der Waals surface area (Å²) in [6.07, 6.45) is 0. The molecule has 0 aliphatic carbocycles. The lowest BCUT2D eigenvalue weighted by molar-refractivity contribution is 0.305. The fourth-order valence-corrected chi connectivity index (χ4v) is 2.92. The van der Waals surface area contributed by atoms with Gasteiger partial charge >= 0.3 is 0 Å². The highest BCUT2D eigenvalue weighted by molar-refractivity contribution is 7.11. The number of aromatic nitrogens is 1. The smallest absolute Gasteiger partial charge is 0.140 e. The Hall–Kier alpha value is -1.39. The summed E-state index contributed by atoms with van der Waals surface area (Å²) in [5, 5.41) is 0.981. The van der Waals surface area contributed by atoms with Crippen LogP contribution < -0.4 is 10.5 Å². The van der Waals surface area contributed by atoms with E-state index in [4.69, 9.17) is 10.5 Å². The van der Waals surface area contributed by atoms with Gasteiger partial charge in [-0.1, -0.05) is 39.0 Å². The Bertz CT molecular complexity index is 529. The van der Waals surface area contributed by atoms with E-state index in [1.807, 2.05) is 30.3 Å². The monoisotopic (exact) mass is 276 g/mol. The van der Waals surface area contributed by atoms with Crippen molar-refractivity contribution in [2.45, 2.75) is 39.3 Å². The predicted molar refractivity (Wildman–Crippen MR) is 79.5 cm³/mol. The molecule has 3 nitrogen and oxygen atoms in total. The van der Waals surface area contributed by atoms with Crippen molar-refractivity contribution in [2.75, 3.05) is 0 Å². The highest BCUT2D eigenvalue weighted by Crippen LogP contribution is 2.29. The summed E-state index contributed by atoms with van der Waals surface area (Å²) in [4.78, 5) is 5.83. The van der Waals surface area contributed by atoms with E-state index in [-0.39, 0.29) is 5.41 Å². The zero-order chi connectivity index (χ0) is 13.9. The average molecular weight is 276 g/mol. The summed E-state index contributed by atoms with van der Waals surface area (Å²) in [7, 11) is 0. The molecule has 0 saturated heterocycles. The van der Waals surface area contributed by atoms with Gasteiger partial charge in [-0.15, -0.1) is 11.3 Å². The third-order valence-electron chi connectivity index (χ3n) is 2.74. The number of thiazole rings is 1. The van der Waals surface area contributed by atoms with Gasteiger partial charge in [0.25, 0.3) is 0 Å². The second-order valence-electron chi connectivity index (χ2n) is 5.44. The predicted octanol–water partition coefficient (Wildman–Crippen LogP) is 3.48. The van der Waals surface area contributed by atoms with Gasteiger partial charge in [-0.2, -0.15) is 0 Å². The molecule has 0 saturated carbocycles. The molecule has 0 bridgehead atoms. The van der Waals surface area contributed by atoms with Gasteiger partial charge < -0.3 is 10.5 Å².